The molecule has 1 N–H and O–H groups in total. The first-order valence-corrected chi connectivity index (χ1v) is 7.50. The van der Waals surface area contributed by atoms with Gasteiger partial charge in [-0.3, -0.25) is 9.78 Å². The second-order valence-corrected chi connectivity index (χ2v) is 5.41. The summed E-state index contributed by atoms with van der Waals surface area (Å²) in [5.74, 6) is 0.539. The highest BCUT2D eigenvalue weighted by molar-refractivity contribution is 5.79. The minimum atomic E-state index is -0.154. The Morgan fingerprint density at radius 2 is 1.91 bits per heavy atom. The van der Waals surface area contributed by atoms with Gasteiger partial charge >= 0.3 is 0 Å². The zero-order valence-corrected chi connectivity index (χ0v) is 13.0. The van der Waals surface area contributed by atoms with E-state index in [1.807, 2.05) is 61.5 Å². The molecule has 0 bridgehead atoms. The zero-order chi connectivity index (χ0) is 16.1. The monoisotopic (exact) mass is 306 g/mol. The maximum absolute atomic E-state index is 11.9. The first kappa shape index (κ1) is 15.0. The number of amides is 1. The smallest absolute Gasteiger partial charge is 0.258 e. The van der Waals surface area contributed by atoms with Crippen LogP contribution in [0.4, 0.5) is 0 Å². The summed E-state index contributed by atoms with van der Waals surface area (Å²) >= 11 is 0. The number of ether oxygens (including phenoxy) is 1. The number of rotatable bonds is 5. The maximum Gasteiger partial charge on any atom is 0.258 e. The second kappa shape index (κ2) is 6.92. The normalized spacial score (nSPS) is 10.5. The van der Waals surface area contributed by atoms with Gasteiger partial charge in [0.2, 0.25) is 0 Å². The molecule has 23 heavy (non-hydrogen) atoms. The third-order valence-corrected chi connectivity index (χ3v) is 3.53. The summed E-state index contributed by atoms with van der Waals surface area (Å²) in [6.07, 6.45) is 1.78. The van der Waals surface area contributed by atoms with E-state index < -0.39 is 0 Å². The van der Waals surface area contributed by atoms with Crippen molar-refractivity contribution in [3.63, 3.8) is 0 Å². The molecule has 4 nitrogen and oxygen atoms in total. The lowest BCUT2D eigenvalue weighted by molar-refractivity contribution is -0.123. The van der Waals surface area contributed by atoms with Crippen molar-refractivity contribution < 1.29 is 9.53 Å². The molecule has 2 aromatic carbocycles. The van der Waals surface area contributed by atoms with Crippen LogP contribution in [0.1, 0.15) is 11.1 Å². The highest BCUT2D eigenvalue weighted by Gasteiger charge is 2.04. The number of hydrogen-bond donors (Lipinski definition) is 1. The van der Waals surface area contributed by atoms with Gasteiger partial charge in [-0.15, -0.1) is 0 Å². The van der Waals surface area contributed by atoms with Crippen LogP contribution in [0, 0.1) is 6.92 Å². The lowest BCUT2D eigenvalue weighted by atomic mass is 10.1. The lowest BCUT2D eigenvalue weighted by Crippen LogP contribution is -2.28. The van der Waals surface area contributed by atoms with Gasteiger partial charge < -0.3 is 10.1 Å². The fraction of sp³-hybridized carbons (Fsp3) is 0.158. The van der Waals surface area contributed by atoms with Crippen molar-refractivity contribution in [2.45, 2.75) is 13.5 Å². The van der Waals surface area contributed by atoms with E-state index in [4.69, 9.17) is 4.74 Å². The quantitative estimate of drug-likeness (QED) is 0.787. The number of nitrogens with one attached hydrogen (secondary N) is 1. The molecule has 0 fully saturated rings. The van der Waals surface area contributed by atoms with Crippen LogP contribution in [0.5, 0.6) is 5.75 Å². The summed E-state index contributed by atoms with van der Waals surface area (Å²) in [5, 5.41) is 3.91. The van der Waals surface area contributed by atoms with Gasteiger partial charge in [0.05, 0.1) is 5.52 Å². The van der Waals surface area contributed by atoms with Gasteiger partial charge in [0.1, 0.15) is 5.75 Å². The number of carbonyl (C=O) groups is 1. The lowest BCUT2D eigenvalue weighted by Gasteiger charge is -2.08. The molecule has 0 saturated carbocycles. The number of aryl methyl sites for hydroxylation is 1. The Bertz CT molecular complexity index is 813. The topological polar surface area (TPSA) is 51.2 Å². The molecule has 3 rings (SSSR count). The molecule has 1 amide bonds. The predicted octanol–water partition coefficient (Wildman–Crippen LogP) is 3.24. The van der Waals surface area contributed by atoms with E-state index in [9.17, 15) is 4.79 Å². The summed E-state index contributed by atoms with van der Waals surface area (Å²) < 4.78 is 5.45. The van der Waals surface area contributed by atoms with E-state index in [0.29, 0.717) is 12.3 Å². The molecule has 0 unspecified atom stereocenters. The molecule has 0 spiro atoms. The number of pyridine rings is 1. The molecule has 0 aliphatic rings. The SMILES string of the molecule is Cc1ccc(OCC(=O)NCc2cnc3ccccc3c2)cc1. The Morgan fingerprint density at radius 3 is 2.74 bits per heavy atom. The number of hydrogen-bond acceptors (Lipinski definition) is 3. The van der Waals surface area contributed by atoms with E-state index in [0.717, 1.165) is 22.0 Å². The van der Waals surface area contributed by atoms with Gasteiger partial charge in [-0.1, -0.05) is 35.9 Å². The standard InChI is InChI=1S/C19H18N2O2/c1-14-6-8-17(9-7-14)23-13-19(22)21-12-15-10-16-4-2-3-5-18(16)20-11-15/h2-11H,12-13H2,1H3,(H,21,22). The van der Waals surface area contributed by atoms with Crippen molar-refractivity contribution in [2.75, 3.05) is 6.61 Å². The number of nitrogens with zero attached hydrogens (tertiary/aromatic N) is 1. The molecular formula is C19H18N2O2. The summed E-state index contributed by atoms with van der Waals surface area (Å²) in [5.41, 5.74) is 3.07. The number of carbonyl (C=O) groups excluding carboxylic acids is 1. The molecule has 1 heterocycles. The fourth-order valence-corrected chi connectivity index (χ4v) is 2.25. The van der Waals surface area contributed by atoms with Crippen molar-refractivity contribution in [3.05, 3.63) is 71.9 Å². The molecule has 3 aromatic rings. The van der Waals surface area contributed by atoms with Gasteiger partial charge in [0, 0.05) is 18.1 Å². The molecule has 0 saturated heterocycles. The summed E-state index contributed by atoms with van der Waals surface area (Å²) in [4.78, 5) is 16.2. The summed E-state index contributed by atoms with van der Waals surface area (Å²) in [6, 6.07) is 17.6. The Balaban J connectivity index is 1.52. The molecular weight excluding hydrogens is 288 g/mol. The molecule has 0 aliphatic carbocycles. The van der Waals surface area contributed by atoms with Crippen molar-refractivity contribution in [2.24, 2.45) is 0 Å². The van der Waals surface area contributed by atoms with Gasteiger partial charge in [-0.05, 0) is 36.8 Å². The summed E-state index contributed by atoms with van der Waals surface area (Å²) in [7, 11) is 0. The Morgan fingerprint density at radius 1 is 1.13 bits per heavy atom. The van der Waals surface area contributed by atoms with E-state index in [2.05, 4.69) is 10.3 Å². The van der Waals surface area contributed by atoms with Crippen LogP contribution < -0.4 is 10.1 Å². The van der Waals surface area contributed by atoms with E-state index in [-0.39, 0.29) is 12.5 Å². The summed E-state index contributed by atoms with van der Waals surface area (Å²) in [6.45, 7) is 2.45. The number of fused-ring (bicyclic) bond motifs is 1. The van der Waals surface area contributed by atoms with Crippen LogP contribution in [0.2, 0.25) is 0 Å². The first-order valence-electron chi connectivity index (χ1n) is 7.50. The van der Waals surface area contributed by atoms with Gasteiger partial charge in [-0.25, -0.2) is 0 Å². The Labute approximate surface area is 135 Å². The average molecular weight is 306 g/mol. The van der Waals surface area contributed by atoms with Crippen LogP contribution in [0.15, 0.2) is 60.8 Å². The largest absolute Gasteiger partial charge is 0.484 e. The minimum Gasteiger partial charge on any atom is -0.484 e. The van der Waals surface area contributed by atoms with Crippen molar-refractivity contribution in [3.8, 4) is 5.75 Å². The molecule has 1 aromatic heterocycles. The number of aromatic nitrogens is 1. The predicted molar refractivity (Wildman–Crippen MR) is 90.3 cm³/mol. The minimum absolute atomic E-state index is 0.00404. The third kappa shape index (κ3) is 4.07. The van der Waals surface area contributed by atoms with Crippen LogP contribution in [-0.4, -0.2) is 17.5 Å². The van der Waals surface area contributed by atoms with Crippen LogP contribution in [0.3, 0.4) is 0 Å². The molecule has 116 valence electrons. The van der Waals surface area contributed by atoms with Crippen LogP contribution in [0.25, 0.3) is 10.9 Å². The Kier molecular flexibility index (Phi) is 4.52. The average Bonchev–Trinajstić information content (AvgIpc) is 2.59. The van der Waals surface area contributed by atoms with Crippen LogP contribution in [-0.2, 0) is 11.3 Å². The number of benzene rings is 2. The fourth-order valence-electron chi connectivity index (χ4n) is 2.25. The molecule has 0 radical (unpaired) electrons. The van der Waals surface area contributed by atoms with E-state index in [1.165, 1.54) is 0 Å². The Hall–Kier alpha value is -2.88. The highest BCUT2D eigenvalue weighted by Crippen LogP contribution is 2.13. The molecule has 4 heteroatoms. The van der Waals surface area contributed by atoms with Crippen molar-refractivity contribution >= 4 is 16.8 Å². The van der Waals surface area contributed by atoms with Gasteiger partial charge in [0.15, 0.2) is 6.61 Å². The maximum atomic E-state index is 11.9. The third-order valence-electron chi connectivity index (χ3n) is 3.53. The molecule has 0 aliphatic heterocycles. The highest BCUT2D eigenvalue weighted by atomic mass is 16.5. The van der Waals surface area contributed by atoms with E-state index in [1.54, 1.807) is 6.20 Å². The zero-order valence-electron chi connectivity index (χ0n) is 13.0. The second-order valence-electron chi connectivity index (χ2n) is 5.41. The van der Waals surface area contributed by atoms with E-state index >= 15 is 0 Å². The van der Waals surface area contributed by atoms with Gasteiger partial charge in [0.25, 0.3) is 5.91 Å². The van der Waals surface area contributed by atoms with Gasteiger partial charge in [-0.2, -0.15) is 0 Å². The van der Waals surface area contributed by atoms with Crippen LogP contribution >= 0.6 is 0 Å². The van der Waals surface area contributed by atoms with Crippen molar-refractivity contribution in [1.82, 2.24) is 10.3 Å². The van der Waals surface area contributed by atoms with Crippen molar-refractivity contribution in [1.29, 1.82) is 0 Å². The molecule has 0 atom stereocenters. The first-order chi connectivity index (χ1) is 11.2. The number of para-hydroxylation sites is 1.